The van der Waals surface area contributed by atoms with Crippen LogP contribution in [0.3, 0.4) is 0 Å². The second-order valence-corrected chi connectivity index (χ2v) is 4.44. The van der Waals surface area contributed by atoms with Crippen molar-refractivity contribution < 1.29 is 8.78 Å². The van der Waals surface area contributed by atoms with Gasteiger partial charge in [0.2, 0.25) is 0 Å². The summed E-state index contributed by atoms with van der Waals surface area (Å²) in [6, 6.07) is 2.27. The van der Waals surface area contributed by atoms with Gasteiger partial charge in [-0.15, -0.1) is 5.10 Å². The maximum atomic E-state index is 13.6. The summed E-state index contributed by atoms with van der Waals surface area (Å²) in [5, 5.41) is 8.39. The summed E-state index contributed by atoms with van der Waals surface area (Å²) in [5.41, 5.74) is 1.07. The summed E-state index contributed by atoms with van der Waals surface area (Å²) in [6.45, 7) is 1.51. The number of aromatic nitrogens is 3. The van der Waals surface area contributed by atoms with E-state index in [1.807, 2.05) is 0 Å². The summed E-state index contributed by atoms with van der Waals surface area (Å²) in [4.78, 5) is 0. The number of halogens is 3. The number of rotatable bonds is 3. The molecule has 2 aromatic rings. The van der Waals surface area contributed by atoms with Gasteiger partial charge in [-0.2, -0.15) is 0 Å². The molecule has 0 radical (unpaired) electrons. The van der Waals surface area contributed by atoms with Gasteiger partial charge in [-0.05, 0) is 18.6 Å². The number of benzene rings is 1. The lowest BCUT2D eigenvalue weighted by Crippen LogP contribution is -2.00. The van der Waals surface area contributed by atoms with E-state index in [0.717, 1.165) is 23.2 Å². The summed E-state index contributed by atoms with van der Waals surface area (Å²) in [5.74, 6) is -0.974. The molecule has 17 heavy (non-hydrogen) atoms. The Morgan fingerprint density at radius 2 is 2.06 bits per heavy atom. The summed E-state index contributed by atoms with van der Waals surface area (Å²) in [7, 11) is 0. The lowest BCUT2D eigenvalue weighted by molar-refractivity contribution is 0.578. The minimum Gasteiger partial charge on any atom is -0.217 e. The highest BCUT2D eigenvalue weighted by Crippen LogP contribution is 2.17. The first-order valence-corrected chi connectivity index (χ1v) is 6.17. The highest BCUT2D eigenvalue weighted by atomic mass is 79.9. The molecule has 0 saturated heterocycles. The van der Waals surface area contributed by atoms with Crippen molar-refractivity contribution in [1.29, 1.82) is 0 Å². The maximum Gasteiger partial charge on any atom is 0.149 e. The van der Waals surface area contributed by atoms with Crippen LogP contribution >= 0.6 is 15.9 Å². The van der Waals surface area contributed by atoms with Gasteiger partial charge >= 0.3 is 0 Å². The fourth-order valence-corrected chi connectivity index (χ4v) is 1.85. The van der Waals surface area contributed by atoms with Gasteiger partial charge in [-0.1, -0.05) is 21.1 Å². The van der Waals surface area contributed by atoms with Crippen LogP contribution in [-0.2, 0) is 6.42 Å². The lowest BCUT2D eigenvalue weighted by atomic mass is 10.2. The number of hydrogen-bond acceptors (Lipinski definition) is 2. The van der Waals surface area contributed by atoms with Crippen LogP contribution in [0.15, 0.2) is 18.3 Å². The Balaban J connectivity index is 2.41. The van der Waals surface area contributed by atoms with E-state index >= 15 is 0 Å². The van der Waals surface area contributed by atoms with Crippen LogP contribution in [0.5, 0.6) is 0 Å². The normalized spacial score (nSPS) is 10.8. The molecule has 0 fully saturated rings. The van der Waals surface area contributed by atoms with E-state index in [0.29, 0.717) is 6.42 Å². The Kier molecular flexibility index (Phi) is 3.51. The molecule has 0 bridgehead atoms. The summed E-state index contributed by atoms with van der Waals surface area (Å²) in [6.07, 6.45) is 2.28. The van der Waals surface area contributed by atoms with Gasteiger partial charge < -0.3 is 0 Å². The van der Waals surface area contributed by atoms with Crippen molar-refractivity contribution in [2.24, 2.45) is 0 Å². The van der Waals surface area contributed by atoms with Crippen LogP contribution in [0.25, 0.3) is 5.69 Å². The van der Waals surface area contributed by atoms with Gasteiger partial charge in [0, 0.05) is 17.8 Å². The van der Waals surface area contributed by atoms with Crippen molar-refractivity contribution in [3.63, 3.8) is 0 Å². The topological polar surface area (TPSA) is 30.7 Å². The number of aryl methyl sites for hydroxylation is 2. The van der Waals surface area contributed by atoms with E-state index in [4.69, 9.17) is 0 Å². The Labute approximate surface area is 106 Å². The van der Waals surface area contributed by atoms with E-state index in [1.54, 1.807) is 6.20 Å². The van der Waals surface area contributed by atoms with Crippen LogP contribution < -0.4 is 0 Å². The van der Waals surface area contributed by atoms with Gasteiger partial charge in [0.05, 0.1) is 11.9 Å². The minimum atomic E-state index is -0.515. The van der Waals surface area contributed by atoms with Crippen LogP contribution in [-0.4, -0.2) is 20.3 Å². The zero-order valence-electron chi connectivity index (χ0n) is 9.12. The van der Waals surface area contributed by atoms with Crippen molar-refractivity contribution in [3.8, 4) is 5.69 Å². The molecule has 0 atom stereocenters. The van der Waals surface area contributed by atoms with Crippen LogP contribution in [0.4, 0.5) is 8.78 Å². The van der Waals surface area contributed by atoms with Crippen molar-refractivity contribution in [2.45, 2.75) is 13.3 Å². The van der Waals surface area contributed by atoms with Crippen LogP contribution in [0, 0.1) is 18.6 Å². The van der Waals surface area contributed by atoms with E-state index in [9.17, 15) is 8.78 Å². The number of alkyl halides is 1. The van der Waals surface area contributed by atoms with Crippen LogP contribution in [0.2, 0.25) is 0 Å². The van der Waals surface area contributed by atoms with Crippen LogP contribution in [0.1, 0.15) is 11.3 Å². The molecule has 0 spiro atoms. The van der Waals surface area contributed by atoms with Gasteiger partial charge in [0.15, 0.2) is 0 Å². The molecule has 0 unspecified atom stereocenters. The zero-order chi connectivity index (χ0) is 12.4. The van der Waals surface area contributed by atoms with E-state index < -0.39 is 11.6 Å². The molecular formula is C11H10BrF2N3. The average molecular weight is 302 g/mol. The average Bonchev–Trinajstić information content (AvgIpc) is 2.72. The molecule has 1 aromatic heterocycles. The molecule has 1 aromatic carbocycles. The predicted octanol–water partition coefficient (Wildman–Crippen LogP) is 2.79. The molecule has 0 amide bonds. The minimum absolute atomic E-state index is 0.0708. The summed E-state index contributed by atoms with van der Waals surface area (Å²) >= 11 is 3.28. The Bertz CT molecular complexity index is 540. The second kappa shape index (κ2) is 4.91. The Morgan fingerprint density at radius 3 is 2.76 bits per heavy atom. The molecule has 2 rings (SSSR count). The monoisotopic (exact) mass is 301 g/mol. The quantitative estimate of drug-likeness (QED) is 0.816. The molecule has 0 aliphatic heterocycles. The van der Waals surface area contributed by atoms with Gasteiger partial charge in [0.1, 0.15) is 17.3 Å². The maximum absolute atomic E-state index is 13.6. The van der Waals surface area contributed by atoms with E-state index in [1.165, 1.54) is 11.6 Å². The third-order valence-electron chi connectivity index (χ3n) is 2.37. The van der Waals surface area contributed by atoms with Crippen molar-refractivity contribution >= 4 is 15.9 Å². The van der Waals surface area contributed by atoms with E-state index in [2.05, 4.69) is 26.2 Å². The second-order valence-electron chi connectivity index (χ2n) is 3.65. The molecule has 6 heteroatoms. The predicted molar refractivity (Wildman–Crippen MR) is 63.5 cm³/mol. The first-order valence-electron chi connectivity index (χ1n) is 5.05. The standard InChI is InChI=1S/C11H10BrF2N3/c1-7-4-10(14)11(5-9(7)13)17-6-8(2-3-12)15-16-17/h4-6H,2-3H2,1H3. The first-order chi connectivity index (χ1) is 8.11. The smallest absolute Gasteiger partial charge is 0.149 e. The lowest BCUT2D eigenvalue weighted by Gasteiger charge is -2.04. The molecule has 90 valence electrons. The highest BCUT2D eigenvalue weighted by Gasteiger charge is 2.11. The SMILES string of the molecule is Cc1cc(F)c(-n2cc(CCBr)nn2)cc1F. The molecular weight excluding hydrogens is 292 g/mol. The molecule has 0 aliphatic rings. The Hall–Kier alpha value is -1.30. The molecule has 3 nitrogen and oxygen atoms in total. The summed E-state index contributed by atoms with van der Waals surface area (Å²) < 4.78 is 28.3. The third kappa shape index (κ3) is 2.52. The largest absolute Gasteiger partial charge is 0.217 e. The molecule has 0 aliphatic carbocycles. The van der Waals surface area contributed by atoms with Crippen molar-refractivity contribution in [1.82, 2.24) is 15.0 Å². The van der Waals surface area contributed by atoms with Crippen molar-refractivity contribution in [2.75, 3.05) is 5.33 Å². The molecule has 0 N–H and O–H groups in total. The van der Waals surface area contributed by atoms with E-state index in [-0.39, 0.29) is 11.3 Å². The fourth-order valence-electron chi connectivity index (χ4n) is 1.44. The zero-order valence-corrected chi connectivity index (χ0v) is 10.7. The number of hydrogen-bond donors (Lipinski definition) is 0. The first kappa shape index (κ1) is 12.2. The Morgan fingerprint density at radius 1 is 1.29 bits per heavy atom. The van der Waals surface area contributed by atoms with Gasteiger partial charge in [-0.25, -0.2) is 13.5 Å². The fraction of sp³-hybridized carbons (Fsp3) is 0.273. The number of nitrogens with zero attached hydrogens (tertiary/aromatic N) is 3. The van der Waals surface area contributed by atoms with Crippen molar-refractivity contribution in [3.05, 3.63) is 41.2 Å². The van der Waals surface area contributed by atoms with Gasteiger partial charge in [-0.3, -0.25) is 0 Å². The third-order valence-corrected chi connectivity index (χ3v) is 2.76. The highest BCUT2D eigenvalue weighted by molar-refractivity contribution is 9.09. The van der Waals surface area contributed by atoms with Gasteiger partial charge in [0.25, 0.3) is 0 Å². The molecule has 1 heterocycles. The molecule has 0 saturated carbocycles.